The van der Waals surface area contributed by atoms with Crippen LogP contribution in [-0.4, -0.2) is 36.9 Å². The molecule has 1 aromatic rings. The Kier molecular flexibility index (Phi) is 7.64. The summed E-state index contributed by atoms with van der Waals surface area (Å²) in [6.45, 7) is 7.31. The third-order valence-electron chi connectivity index (χ3n) is 3.84. The van der Waals surface area contributed by atoms with Crippen LogP contribution in [0.1, 0.15) is 25.5 Å². The minimum Gasteiger partial charge on any atom is -0.546 e. The number of ether oxygens (including phenoxy) is 3. The van der Waals surface area contributed by atoms with Gasteiger partial charge >= 0.3 is 5.97 Å². The molecule has 1 fully saturated rings. The van der Waals surface area contributed by atoms with Crippen molar-refractivity contribution in [3.8, 4) is 11.5 Å². The summed E-state index contributed by atoms with van der Waals surface area (Å²) in [5, 5.41) is 17.0. The Morgan fingerprint density at radius 1 is 1.29 bits per heavy atom. The number of thiocarbonyl (C=S) groups is 1. The Labute approximate surface area is 176 Å². The van der Waals surface area contributed by atoms with Crippen molar-refractivity contribution in [3.63, 3.8) is 0 Å². The van der Waals surface area contributed by atoms with Gasteiger partial charge in [0.15, 0.2) is 16.6 Å². The average molecular weight is 472 g/mol. The summed E-state index contributed by atoms with van der Waals surface area (Å²) in [5.41, 5.74) is 1.07. The molecule has 1 saturated heterocycles. The van der Waals surface area contributed by atoms with Crippen molar-refractivity contribution in [2.75, 3.05) is 19.8 Å². The fraction of sp³-hybridized carbons (Fsp3) is 0.389. The molecule has 0 aromatic heterocycles. The van der Waals surface area contributed by atoms with Crippen molar-refractivity contribution in [2.45, 2.75) is 19.9 Å². The van der Waals surface area contributed by atoms with Gasteiger partial charge < -0.3 is 34.7 Å². The van der Waals surface area contributed by atoms with E-state index >= 15 is 0 Å². The summed E-state index contributed by atoms with van der Waals surface area (Å²) in [4.78, 5) is 23.2. The topological polar surface area (TPSA) is 109 Å². The van der Waals surface area contributed by atoms with Crippen LogP contribution in [0, 0.1) is 5.92 Å². The van der Waals surface area contributed by atoms with Crippen LogP contribution in [0.3, 0.4) is 0 Å². The number of carbonyl (C=O) groups is 2. The maximum absolute atomic E-state index is 12.5. The van der Waals surface area contributed by atoms with Crippen molar-refractivity contribution in [1.29, 1.82) is 0 Å². The van der Waals surface area contributed by atoms with E-state index in [0.29, 0.717) is 33.2 Å². The first kappa shape index (κ1) is 22.0. The van der Waals surface area contributed by atoms with Crippen LogP contribution in [0.25, 0.3) is 0 Å². The minimum absolute atomic E-state index is 0.220. The largest absolute Gasteiger partial charge is 0.546 e. The van der Waals surface area contributed by atoms with E-state index in [9.17, 15) is 14.7 Å². The number of benzene rings is 1. The predicted molar refractivity (Wildman–Crippen MR) is 107 cm³/mol. The summed E-state index contributed by atoms with van der Waals surface area (Å²) in [6, 6.07) is 2.79. The number of nitrogens with one attached hydrogen (secondary N) is 2. The first-order valence-electron chi connectivity index (χ1n) is 8.50. The molecule has 2 N–H and O–H groups in total. The second kappa shape index (κ2) is 9.74. The van der Waals surface area contributed by atoms with E-state index < -0.39 is 30.5 Å². The fourth-order valence-electron chi connectivity index (χ4n) is 2.77. The van der Waals surface area contributed by atoms with Gasteiger partial charge in [0, 0.05) is 5.70 Å². The average Bonchev–Trinajstić information content (AvgIpc) is 2.60. The molecule has 2 atom stereocenters. The van der Waals surface area contributed by atoms with Crippen molar-refractivity contribution < 1.29 is 28.9 Å². The zero-order valence-corrected chi connectivity index (χ0v) is 17.8. The first-order valence-corrected chi connectivity index (χ1v) is 9.70. The monoisotopic (exact) mass is 471 g/mol. The number of carboxylic acids is 1. The zero-order valence-electron chi connectivity index (χ0n) is 15.4. The lowest BCUT2D eigenvalue weighted by molar-refractivity contribution is -0.307. The molecule has 28 heavy (non-hydrogen) atoms. The maximum atomic E-state index is 12.5. The molecule has 1 aliphatic rings. The van der Waals surface area contributed by atoms with Crippen molar-refractivity contribution in [1.82, 2.24) is 10.6 Å². The van der Waals surface area contributed by atoms with Gasteiger partial charge in [-0.25, -0.2) is 0 Å². The molecular formula is C18H20BrN2O6S-. The predicted octanol–water partition coefficient (Wildman–Crippen LogP) is 1.19. The van der Waals surface area contributed by atoms with Crippen molar-refractivity contribution >= 4 is 45.2 Å². The smallest absolute Gasteiger partial charge is 0.317 e. The lowest BCUT2D eigenvalue weighted by atomic mass is 9.89. The van der Waals surface area contributed by atoms with Gasteiger partial charge in [-0.05, 0) is 59.7 Å². The molecule has 0 spiro atoms. The summed E-state index contributed by atoms with van der Waals surface area (Å²) in [6.07, 6.45) is 0. The molecule has 2 unspecified atom stereocenters. The number of esters is 1. The van der Waals surface area contributed by atoms with Gasteiger partial charge in [0.2, 0.25) is 0 Å². The molecule has 1 aromatic carbocycles. The van der Waals surface area contributed by atoms with E-state index in [0.717, 1.165) is 0 Å². The van der Waals surface area contributed by atoms with Gasteiger partial charge in [-0.2, -0.15) is 0 Å². The zero-order chi connectivity index (χ0) is 20.8. The number of halogens is 1. The van der Waals surface area contributed by atoms with Crippen molar-refractivity contribution in [2.24, 2.45) is 5.92 Å². The number of aliphatic carboxylic acids is 1. The summed E-state index contributed by atoms with van der Waals surface area (Å²) >= 11 is 8.57. The van der Waals surface area contributed by atoms with E-state index in [4.69, 9.17) is 26.4 Å². The molecule has 152 valence electrons. The maximum Gasteiger partial charge on any atom is 0.317 e. The van der Waals surface area contributed by atoms with Gasteiger partial charge in [0.05, 0.1) is 29.7 Å². The van der Waals surface area contributed by atoms with Crippen LogP contribution >= 0.6 is 28.1 Å². The molecule has 0 amide bonds. The Morgan fingerprint density at radius 2 is 2.00 bits per heavy atom. The number of hydrogen-bond donors (Lipinski definition) is 2. The molecule has 8 nitrogen and oxygen atoms in total. The van der Waals surface area contributed by atoms with Crippen LogP contribution in [0.5, 0.6) is 11.5 Å². The SMILES string of the molecule is C=C1NC(=S)NC(c2cc(Br)c(OCC(=O)[O-])c(OCC)c2)C1C(=O)OCC. The fourth-order valence-corrected chi connectivity index (χ4v) is 3.61. The van der Waals surface area contributed by atoms with E-state index in [1.54, 1.807) is 26.0 Å². The molecule has 0 bridgehead atoms. The lowest BCUT2D eigenvalue weighted by Gasteiger charge is -2.35. The molecule has 0 radical (unpaired) electrons. The highest BCUT2D eigenvalue weighted by Gasteiger charge is 2.38. The first-order chi connectivity index (χ1) is 13.3. The Balaban J connectivity index is 2.47. The van der Waals surface area contributed by atoms with Gasteiger partial charge in [-0.1, -0.05) is 6.58 Å². The third-order valence-corrected chi connectivity index (χ3v) is 4.64. The van der Waals surface area contributed by atoms with Gasteiger partial charge in [-0.15, -0.1) is 0 Å². The normalized spacial score (nSPS) is 18.7. The summed E-state index contributed by atoms with van der Waals surface area (Å²) < 4.78 is 16.5. The number of rotatable bonds is 8. The van der Waals surface area contributed by atoms with E-state index in [2.05, 4.69) is 33.1 Å². The van der Waals surface area contributed by atoms with Crippen LogP contribution in [-0.2, 0) is 14.3 Å². The quantitative estimate of drug-likeness (QED) is 0.426. The lowest BCUT2D eigenvalue weighted by Crippen LogP contribution is -2.51. The molecule has 2 rings (SSSR count). The second-order valence-electron chi connectivity index (χ2n) is 5.75. The highest BCUT2D eigenvalue weighted by Crippen LogP contribution is 2.41. The van der Waals surface area contributed by atoms with E-state index in [-0.39, 0.29) is 12.4 Å². The number of carboxylic acid groups (broad SMARTS) is 1. The number of carbonyl (C=O) groups excluding carboxylic acids is 2. The third kappa shape index (κ3) is 5.14. The second-order valence-corrected chi connectivity index (χ2v) is 7.02. The highest BCUT2D eigenvalue weighted by atomic mass is 79.9. The molecule has 10 heteroatoms. The Hall–Kier alpha value is -2.33. The minimum atomic E-state index is -1.36. The van der Waals surface area contributed by atoms with E-state index in [1.807, 2.05) is 0 Å². The molecule has 0 saturated carbocycles. The summed E-state index contributed by atoms with van der Waals surface area (Å²) in [5.74, 6) is -2.01. The van der Waals surface area contributed by atoms with Crippen LogP contribution in [0.2, 0.25) is 0 Å². The van der Waals surface area contributed by atoms with E-state index in [1.165, 1.54) is 0 Å². The van der Waals surface area contributed by atoms with Gasteiger partial charge in [0.1, 0.15) is 12.5 Å². The van der Waals surface area contributed by atoms with Gasteiger partial charge in [0.25, 0.3) is 0 Å². The molecule has 0 aliphatic carbocycles. The Morgan fingerprint density at radius 3 is 2.61 bits per heavy atom. The highest BCUT2D eigenvalue weighted by molar-refractivity contribution is 9.10. The molecule has 1 heterocycles. The van der Waals surface area contributed by atoms with Crippen molar-refractivity contribution in [3.05, 3.63) is 34.4 Å². The molecule has 1 aliphatic heterocycles. The Bertz CT molecular complexity index is 801. The standard InChI is InChI=1S/C18H21BrN2O6S/c1-4-25-12-7-10(6-11(19)16(12)27-8-13(22)23)15-14(17(24)26-5-2)9(3)20-18(28)21-15/h6-7,14-15H,3-5,8H2,1-2H3,(H,22,23)(H2,20,21,28)/p-1. The number of hydrogen-bond acceptors (Lipinski definition) is 7. The van der Waals surface area contributed by atoms with Crippen LogP contribution in [0.15, 0.2) is 28.9 Å². The molecular weight excluding hydrogens is 452 g/mol. The van der Waals surface area contributed by atoms with Crippen LogP contribution in [0.4, 0.5) is 0 Å². The van der Waals surface area contributed by atoms with Gasteiger partial charge in [-0.3, -0.25) is 4.79 Å². The van der Waals surface area contributed by atoms with Crippen LogP contribution < -0.4 is 25.2 Å². The summed E-state index contributed by atoms with van der Waals surface area (Å²) in [7, 11) is 0.